The largest absolute Gasteiger partial charge is 0.507 e. The molecule has 0 aliphatic carbocycles. The van der Waals surface area contributed by atoms with Crippen LogP contribution in [0.5, 0.6) is 0 Å². The van der Waals surface area contributed by atoms with Crippen molar-refractivity contribution in [3.63, 3.8) is 0 Å². The maximum absolute atomic E-state index is 9.73. The van der Waals surface area contributed by atoms with Crippen LogP contribution in [0.2, 0.25) is 0 Å². The van der Waals surface area contributed by atoms with E-state index in [1.165, 1.54) is 6.92 Å². The number of rotatable bonds is 1. The molecule has 0 fully saturated rings. The van der Waals surface area contributed by atoms with Gasteiger partial charge >= 0.3 is 13.5 Å². The quantitative estimate of drug-likeness (QED) is 0.487. The molecule has 0 saturated heterocycles. The molecule has 0 aliphatic rings. The van der Waals surface area contributed by atoms with Crippen LogP contribution in [-0.2, 0) is 9.36 Å². The average molecular weight is 106 g/mol. The van der Waals surface area contributed by atoms with E-state index in [2.05, 4.69) is 5.50 Å². The van der Waals surface area contributed by atoms with Crippen molar-refractivity contribution in [2.45, 2.75) is 6.92 Å². The molecule has 3 nitrogen and oxygen atoms in total. The summed E-state index contributed by atoms with van der Waals surface area (Å²) in [6, 6.07) is 0. The van der Waals surface area contributed by atoms with Gasteiger partial charge in [-0.25, -0.2) is 4.79 Å². The molecule has 0 rings (SSSR count). The molecule has 0 bridgehead atoms. The van der Waals surface area contributed by atoms with Crippen molar-refractivity contribution in [3.8, 4) is 0 Å². The molecule has 0 aromatic rings. The van der Waals surface area contributed by atoms with Crippen LogP contribution in [0, 0.1) is 0 Å². The first kappa shape index (κ1) is 5.73. The molecule has 1 atom stereocenters. The summed E-state index contributed by atoms with van der Waals surface area (Å²) in [6.45, 7) is 1.19. The predicted octanol–water partition coefficient (Wildman–Crippen LogP) is 0.234. The number of carbonyl (C=O) groups is 1. The highest BCUT2D eigenvalue weighted by atomic mass is 31.1. The van der Waals surface area contributed by atoms with E-state index in [1.54, 1.807) is 0 Å². The third kappa shape index (κ3) is 2.00. The van der Waals surface area contributed by atoms with Crippen LogP contribution in [0.3, 0.4) is 0 Å². The van der Waals surface area contributed by atoms with Crippen LogP contribution in [0.4, 0.5) is 0 Å². The van der Waals surface area contributed by atoms with Crippen molar-refractivity contribution in [3.05, 3.63) is 0 Å². The summed E-state index contributed by atoms with van der Waals surface area (Å²) < 4.78 is 9.72. The van der Waals surface area contributed by atoms with Crippen molar-refractivity contribution in [1.29, 1.82) is 0 Å². The summed E-state index contributed by atoms with van der Waals surface area (Å²) in [5, 5.41) is 0. The van der Waals surface area contributed by atoms with Gasteiger partial charge in [-0.05, 0) is 4.57 Å². The van der Waals surface area contributed by atoms with Gasteiger partial charge in [-0.15, -0.1) is 5.50 Å². The Morgan fingerprint density at radius 3 is 2.00 bits per heavy atom. The second kappa shape index (κ2) is 2.00. The van der Waals surface area contributed by atoms with Crippen molar-refractivity contribution in [2.75, 3.05) is 0 Å². The van der Waals surface area contributed by atoms with Gasteiger partial charge in [0.1, 0.15) is 0 Å². The number of carbonyl (C=O) groups excluding carboxylic acids is 1. The Kier molecular flexibility index (Phi) is 1.91. The maximum atomic E-state index is 9.73. The van der Waals surface area contributed by atoms with Gasteiger partial charge in [0.05, 0.1) is 0 Å². The molecule has 4 heteroatoms. The Balaban J connectivity index is 3.57. The lowest BCUT2D eigenvalue weighted by molar-refractivity contribution is -0.109. The third-order valence-corrected chi connectivity index (χ3v) is 0.931. The normalized spacial score (nSPS) is 10.7. The molecule has 0 spiro atoms. The zero-order valence-corrected chi connectivity index (χ0v) is 4.24. The zero-order valence-electron chi connectivity index (χ0n) is 3.34. The maximum Gasteiger partial charge on any atom is 0.507 e. The minimum atomic E-state index is -2.05. The third-order valence-electron chi connectivity index (χ3n) is 0.310. The Morgan fingerprint density at radius 2 is 2.00 bits per heavy atom. The molecule has 0 aromatic carbocycles. The molecule has 0 heterocycles. The van der Waals surface area contributed by atoms with Gasteiger partial charge in [0.2, 0.25) is 0 Å². The summed E-state index contributed by atoms with van der Waals surface area (Å²) in [5.74, 6) is 0. The summed E-state index contributed by atoms with van der Waals surface area (Å²) >= 11 is 0. The van der Waals surface area contributed by atoms with Crippen molar-refractivity contribution in [1.82, 2.24) is 0 Å². The minimum absolute atomic E-state index is 0.454. The van der Waals surface area contributed by atoms with Crippen LogP contribution < -0.4 is 5.50 Å². The molecule has 0 saturated carbocycles. The fourth-order valence-corrected chi connectivity index (χ4v) is 0. The van der Waals surface area contributed by atoms with E-state index in [4.69, 9.17) is 0 Å². The number of nitrogens with two attached hydrogens (primary N) is 1. The van der Waals surface area contributed by atoms with Crippen molar-refractivity contribution in [2.24, 2.45) is 5.50 Å². The fraction of sp³-hybridized carbons (Fsp3) is 0.500. The molecule has 6 heavy (non-hydrogen) atoms. The van der Waals surface area contributed by atoms with Crippen LogP contribution in [0.1, 0.15) is 6.92 Å². The van der Waals surface area contributed by atoms with Crippen molar-refractivity contribution < 1.29 is 9.36 Å². The monoisotopic (exact) mass is 106 g/mol. The molecular weight excluding hydrogens is 101 g/mol. The molecule has 0 amide bonds. The SMILES string of the molecule is CC(=O)[P+](N)=O. The van der Waals surface area contributed by atoms with Crippen molar-refractivity contribution >= 4 is 13.5 Å². The van der Waals surface area contributed by atoms with E-state index in [0.29, 0.717) is 0 Å². The summed E-state index contributed by atoms with van der Waals surface area (Å²) in [5.41, 5.74) is 4.14. The van der Waals surface area contributed by atoms with Crippen LogP contribution >= 0.6 is 7.95 Å². The van der Waals surface area contributed by atoms with Gasteiger partial charge in [-0.3, -0.25) is 0 Å². The first-order chi connectivity index (χ1) is 2.64. The van der Waals surface area contributed by atoms with E-state index in [0.717, 1.165) is 0 Å². The summed E-state index contributed by atoms with van der Waals surface area (Å²) in [4.78, 5) is 9.73. The topological polar surface area (TPSA) is 60.2 Å². The standard InChI is InChI=1S/C2H5NO2P/c1-2(4)6(3)5/h1H3,(H2,3,5)/q+1. The lowest BCUT2D eigenvalue weighted by Crippen LogP contribution is -1.86. The fourth-order valence-electron chi connectivity index (χ4n) is 0. The first-order valence-corrected chi connectivity index (χ1v) is 2.70. The van der Waals surface area contributed by atoms with E-state index < -0.39 is 13.5 Å². The summed E-state index contributed by atoms with van der Waals surface area (Å²) in [7, 11) is -2.05. The van der Waals surface area contributed by atoms with E-state index in [1.807, 2.05) is 0 Å². The highest BCUT2D eigenvalue weighted by Gasteiger charge is 2.13. The smallest absolute Gasteiger partial charge is 0.238 e. The molecule has 34 valence electrons. The highest BCUT2D eigenvalue weighted by Crippen LogP contribution is 2.05. The number of hydrogen-bond donors (Lipinski definition) is 1. The Hall–Kier alpha value is -0.270. The van der Waals surface area contributed by atoms with Crippen LogP contribution in [0.25, 0.3) is 0 Å². The molecular formula is C2H5NO2P+. The molecule has 0 radical (unpaired) electrons. The van der Waals surface area contributed by atoms with Crippen LogP contribution in [0.15, 0.2) is 0 Å². The summed E-state index contributed by atoms with van der Waals surface area (Å²) in [6.07, 6.45) is 0. The van der Waals surface area contributed by atoms with Gasteiger partial charge in [0.15, 0.2) is 0 Å². The lowest BCUT2D eigenvalue weighted by atomic mass is 10.9. The molecule has 0 aromatic heterocycles. The van der Waals surface area contributed by atoms with Gasteiger partial charge in [0, 0.05) is 6.92 Å². The van der Waals surface area contributed by atoms with Gasteiger partial charge in [0.25, 0.3) is 0 Å². The average Bonchev–Trinajstić information content (AvgIpc) is 1.36. The van der Waals surface area contributed by atoms with E-state index >= 15 is 0 Å². The van der Waals surface area contributed by atoms with E-state index in [9.17, 15) is 9.36 Å². The second-order valence-corrected chi connectivity index (χ2v) is 2.13. The van der Waals surface area contributed by atoms with Gasteiger partial charge in [-0.1, -0.05) is 0 Å². The van der Waals surface area contributed by atoms with Gasteiger partial charge in [-0.2, -0.15) is 0 Å². The molecule has 1 unspecified atom stereocenters. The molecule has 2 N–H and O–H groups in total. The lowest BCUT2D eigenvalue weighted by Gasteiger charge is -1.56. The van der Waals surface area contributed by atoms with E-state index in [-0.39, 0.29) is 0 Å². The first-order valence-electron chi connectivity index (χ1n) is 1.37. The Bertz CT molecular complexity index is 77.5. The second-order valence-electron chi connectivity index (χ2n) is 0.845. The highest BCUT2D eigenvalue weighted by molar-refractivity contribution is 7.61. The predicted molar refractivity (Wildman–Crippen MR) is 22.5 cm³/mol. The molecule has 0 aliphatic heterocycles. The van der Waals surface area contributed by atoms with Crippen LogP contribution in [-0.4, -0.2) is 5.52 Å². The number of hydrogen-bond acceptors (Lipinski definition) is 2. The Labute approximate surface area is 36.4 Å². The minimum Gasteiger partial charge on any atom is -0.238 e. The van der Waals surface area contributed by atoms with Gasteiger partial charge < -0.3 is 0 Å². The zero-order chi connectivity index (χ0) is 5.15. The Morgan fingerprint density at radius 1 is 1.83 bits per heavy atom.